The number of hydrogen-bond donors (Lipinski definition) is 3. The number of aromatic nitrogens is 1. The van der Waals surface area contributed by atoms with Gasteiger partial charge in [-0.15, -0.1) is 0 Å². The lowest BCUT2D eigenvalue weighted by molar-refractivity contribution is 0.446. The monoisotopic (exact) mass is 441 g/mol. The molecule has 0 atom stereocenters. The van der Waals surface area contributed by atoms with E-state index in [1.54, 1.807) is 24.3 Å². The smallest absolute Gasteiger partial charge is 0.199 e. The highest BCUT2D eigenvalue weighted by molar-refractivity contribution is 6.21. The number of benzene rings is 3. The molecule has 4 nitrogen and oxygen atoms in total. The summed E-state index contributed by atoms with van der Waals surface area (Å²) in [7, 11) is 0. The van der Waals surface area contributed by atoms with E-state index in [2.05, 4.69) is 9.98 Å². The molecule has 8 heteroatoms. The summed E-state index contributed by atoms with van der Waals surface area (Å²) in [6.07, 6.45) is 0. The third-order valence-electron chi connectivity index (χ3n) is 5.09. The van der Waals surface area contributed by atoms with E-state index in [4.69, 9.17) is 5.73 Å². The first-order valence-electron chi connectivity index (χ1n) is 9.68. The minimum atomic E-state index is -1.62. The van der Waals surface area contributed by atoms with Gasteiger partial charge in [-0.3, -0.25) is 0 Å². The van der Waals surface area contributed by atoms with E-state index >= 15 is 0 Å². The summed E-state index contributed by atoms with van der Waals surface area (Å²) < 4.78 is 55.3. The Bertz CT molecular complexity index is 1330. The maximum atomic E-state index is 14.0. The van der Waals surface area contributed by atoms with Gasteiger partial charge in [0.05, 0.1) is 22.5 Å². The molecule has 32 heavy (non-hydrogen) atoms. The van der Waals surface area contributed by atoms with Gasteiger partial charge in [0.15, 0.2) is 23.3 Å². The standard InChI is InChI=1S/C24H19F4N3O/c1-24(2,29)13-3-6-15(7-4-13)30-22(12-9-17(26)21(28)18(27)10-12)20-16-8-5-14(25)11-19(16)31-23(20)32/h3-11,31-32H,29H2,1-2H3. The zero-order chi connectivity index (χ0) is 23.2. The Kier molecular flexibility index (Phi) is 5.26. The van der Waals surface area contributed by atoms with Crippen LogP contribution in [0.3, 0.4) is 0 Å². The second-order valence-electron chi connectivity index (χ2n) is 8.02. The van der Waals surface area contributed by atoms with Crippen LogP contribution in [0.1, 0.15) is 30.5 Å². The lowest BCUT2D eigenvalue weighted by atomic mass is 9.95. The largest absolute Gasteiger partial charge is 0.494 e. The van der Waals surface area contributed by atoms with Gasteiger partial charge in [0.1, 0.15) is 5.82 Å². The minimum Gasteiger partial charge on any atom is -0.494 e. The molecule has 0 fully saturated rings. The van der Waals surface area contributed by atoms with Gasteiger partial charge in [-0.2, -0.15) is 0 Å². The van der Waals surface area contributed by atoms with Crippen LogP contribution in [0.15, 0.2) is 59.6 Å². The van der Waals surface area contributed by atoms with E-state index in [9.17, 15) is 22.7 Å². The number of H-pyrrole nitrogens is 1. The topological polar surface area (TPSA) is 74.4 Å². The molecule has 1 aromatic heterocycles. The van der Waals surface area contributed by atoms with Gasteiger partial charge < -0.3 is 15.8 Å². The predicted molar refractivity (Wildman–Crippen MR) is 115 cm³/mol. The van der Waals surface area contributed by atoms with Crippen molar-refractivity contribution in [3.05, 3.63) is 94.6 Å². The Morgan fingerprint density at radius 2 is 1.56 bits per heavy atom. The molecule has 0 saturated heterocycles. The molecule has 0 bridgehead atoms. The van der Waals surface area contributed by atoms with E-state index in [0.29, 0.717) is 11.1 Å². The van der Waals surface area contributed by atoms with E-state index in [0.717, 1.165) is 17.7 Å². The van der Waals surface area contributed by atoms with E-state index < -0.39 is 28.8 Å². The Morgan fingerprint density at radius 3 is 2.16 bits per heavy atom. The first-order chi connectivity index (χ1) is 15.0. The molecule has 0 aliphatic carbocycles. The fourth-order valence-corrected chi connectivity index (χ4v) is 3.45. The fraction of sp³-hybridized carbons (Fsp3) is 0.125. The summed E-state index contributed by atoms with van der Waals surface area (Å²) in [5, 5.41) is 10.9. The minimum absolute atomic E-state index is 0.0297. The second-order valence-corrected chi connectivity index (χ2v) is 8.02. The van der Waals surface area contributed by atoms with Crippen LogP contribution in [0, 0.1) is 23.3 Å². The van der Waals surface area contributed by atoms with Crippen molar-refractivity contribution in [2.24, 2.45) is 10.7 Å². The third kappa shape index (κ3) is 3.97. The number of fused-ring (bicyclic) bond motifs is 1. The van der Waals surface area contributed by atoms with Crippen LogP contribution in [-0.2, 0) is 5.54 Å². The Hall–Kier alpha value is -3.65. The summed E-state index contributed by atoms with van der Waals surface area (Å²) in [5.74, 6) is -5.35. The molecular weight excluding hydrogens is 422 g/mol. The molecule has 164 valence electrons. The normalized spacial score (nSPS) is 12.5. The van der Waals surface area contributed by atoms with Crippen molar-refractivity contribution in [2.75, 3.05) is 0 Å². The van der Waals surface area contributed by atoms with Crippen LogP contribution in [0.2, 0.25) is 0 Å². The summed E-state index contributed by atoms with van der Waals surface area (Å²) in [6.45, 7) is 3.67. The molecule has 0 spiro atoms. The van der Waals surface area contributed by atoms with Gasteiger partial charge in [-0.05, 0) is 61.9 Å². The predicted octanol–water partition coefficient (Wildman–Crippen LogP) is 5.79. The van der Waals surface area contributed by atoms with Crippen LogP contribution in [0.4, 0.5) is 23.2 Å². The van der Waals surface area contributed by atoms with Crippen molar-refractivity contribution in [1.29, 1.82) is 0 Å². The molecule has 4 aromatic rings. The van der Waals surface area contributed by atoms with Gasteiger partial charge in [0.25, 0.3) is 0 Å². The number of nitrogens with zero attached hydrogens (tertiary/aromatic N) is 1. The van der Waals surface area contributed by atoms with E-state index in [-0.39, 0.29) is 28.2 Å². The highest BCUT2D eigenvalue weighted by Gasteiger charge is 2.22. The molecule has 4 N–H and O–H groups in total. The summed E-state index contributed by atoms with van der Waals surface area (Å²) in [4.78, 5) is 7.12. The van der Waals surface area contributed by atoms with E-state index in [1.807, 2.05) is 13.8 Å². The molecule has 0 radical (unpaired) electrons. The first kappa shape index (κ1) is 21.6. The van der Waals surface area contributed by atoms with Crippen molar-refractivity contribution < 1.29 is 22.7 Å². The Balaban J connectivity index is 1.97. The van der Waals surface area contributed by atoms with Crippen molar-refractivity contribution in [3.63, 3.8) is 0 Å². The number of rotatable bonds is 4. The number of aromatic amines is 1. The number of aromatic hydroxyl groups is 1. The van der Waals surface area contributed by atoms with Crippen LogP contribution in [-0.4, -0.2) is 15.8 Å². The molecule has 4 rings (SSSR count). The van der Waals surface area contributed by atoms with Crippen LogP contribution >= 0.6 is 0 Å². The second kappa shape index (κ2) is 7.80. The number of nitrogens with one attached hydrogen (secondary N) is 1. The maximum absolute atomic E-state index is 14.0. The highest BCUT2D eigenvalue weighted by atomic mass is 19.2. The lowest BCUT2D eigenvalue weighted by Crippen LogP contribution is -2.28. The van der Waals surface area contributed by atoms with Crippen LogP contribution in [0.25, 0.3) is 10.9 Å². The van der Waals surface area contributed by atoms with E-state index in [1.165, 1.54) is 18.2 Å². The SMILES string of the molecule is CC(C)(N)c1ccc(N=C(c2cc(F)c(F)c(F)c2)c2c(O)[nH]c3cc(F)ccc23)cc1. The summed E-state index contributed by atoms with van der Waals surface area (Å²) >= 11 is 0. The summed E-state index contributed by atoms with van der Waals surface area (Å²) in [5.41, 5.74) is 6.95. The number of nitrogens with two attached hydrogens (primary N) is 1. The molecule has 0 saturated carbocycles. The third-order valence-corrected chi connectivity index (χ3v) is 5.09. The van der Waals surface area contributed by atoms with Crippen LogP contribution < -0.4 is 5.73 Å². The fourth-order valence-electron chi connectivity index (χ4n) is 3.45. The number of aliphatic imine (C=N–C) groups is 1. The zero-order valence-electron chi connectivity index (χ0n) is 17.2. The highest BCUT2D eigenvalue weighted by Crippen LogP contribution is 2.33. The zero-order valence-corrected chi connectivity index (χ0v) is 17.2. The average Bonchev–Trinajstić information content (AvgIpc) is 3.04. The molecule has 0 aliphatic rings. The maximum Gasteiger partial charge on any atom is 0.199 e. The molecule has 1 heterocycles. The van der Waals surface area contributed by atoms with Crippen LogP contribution in [0.5, 0.6) is 5.88 Å². The summed E-state index contributed by atoms with van der Waals surface area (Å²) in [6, 6.07) is 12.2. The molecule has 0 aliphatic heterocycles. The lowest BCUT2D eigenvalue weighted by Gasteiger charge is -2.19. The van der Waals surface area contributed by atoms with Gasteiger partial charge in [0, 0.05) is 16.5 Å². The number of halogens is 4. The first-order valence-corrected chi connectivity index (χ1v) is 9.68. The molecule has 0 amide bonds. The van der Waals surface area contributed by atoms with Crippen molar-refractivity contribution in [3.8, 4) is 5.88 Å². The van der Waals surface area contributed by atoms with Crippen molar-refractivity contribution in [2.45, 2.75) is 19.4 Å². The van der Waals surface area contributed by atoms with Crippen molar-refractivity contribution >= 4 is 22.3 Å². The molecular formula is C24H19F4N3O. The Morgan fingerprint density at radius 1 is 0.938 bits per heavy atom. The van der Waals surface area contributed by atoms with Crippen molar-refractivity contribution in [1.82, 2.24) is 4.98 Å². The van der Waals surface area contributed by atoms with Gasteiger partial charge in [-0.25, -0.2) is 22.6 Å². The Labute approximate surface area is 181 Å². The van der Waals surface area contributed by atoms with Gasteiger partial charge >= 0.3 is 0 Å². The number of hydrogen-bond acceptors (Lipinski definition) is 3. The quantitative estimate of drug-likeness (QED) is 0.213. The average molecular weight is 441 g/mol. The molecule has 0 unspecified atom stereocenters. The van der Waals surface area contributed by atoms with Gasteiger partial charge in [-0.1, -0.05) is 12.1 Å². The van der Waals surface area contributed by atoms with Gasteiger partial charge in [0.2, 0.25) is 0 Å². The molecule has 3 aromatic carbocycles.